The Morgan fingerprint density at radius 2 is 2.07 bits per heavy atom. The lowest BCUT2D eigenvalue weighted by molar-refractivity contribution is -0.132. The van der Waals surface area contributed by atoms with E-state index in [0.717, 1.165) is 12.3 Å². The summed E-state index contributed by atoms with van der Waals surface area (Å²) < 4.78 is 0. The van der Waals surface area contributed by atoms with Gasteiger partial charge in [-0.1, -0.05) is 33.3 Å². The molecule has 0 spiro atoms. The fourth-order valence-corrected chi connectivity index (χ4v) is 2.34. The molecule has 0 saturated heterocycles. The highest BCUT2D eigenvalue weighted by molar-refractivity contribution is 5.85. The Labute approximate surface area is 92.4 Å². The fourth-order valence-electron chi connectivity index (χ4n) is 2.34. The lowest BCUT2D eigenvalue weighted by atomic mass is 9.65. The van der Waals surface area contributed by atoms with Crippen molar-refractivity contribution in [1.82, 2.24) is 0 Å². The molecule has 1 N–H and O–H groups in total. The first-order chi connectivity index (χ1) is 6.83. The van der Waals surface area contributed by atoms with Crippen LogP contribution in [-0.4, -0.2) is 11.1 Å². The molecule has 1 rings (SSSR count). The highest BCUT2D eigenvalue weighted by atomic mass is 16.4. The van der Waals surface area contributed by atoms with Crippen molar-refractivity contribution < 1.29 is 9.90 Å². The maximum atomic E-state index is 10.8. The summed E-state index contributed by atoms with van der Waals surface area (Å²) in [5.74, 6) is 0.349. The molecule has 0 heterocycles. The van der Waals surface area contributed by atoms with Gasteiger partial charge in [0.15, 0.2) is 0 Å². The van der Waals surface area contributed by atoms with Gasteiger partial charge in [-0.25, -0.2) is 4.79 Å². The van der Waals surface area contributed by atoms with Crippen molar-refractivity contribution in [2.24, 2.45) is 17.3 Å². The number of carboxylic acid groups (broad SMARTS) is 1. The molecule has 1 saturated carbocycles. The van der Waals surface area contributed by atoms with Crippen LogP contribution in [0.25, 0.3) is 0 Å². The van der Waals surface area contributed by atoms with Gasteiger partial charge in [-0.05, 0) is 37.0 Å². The van der Waals surface area contributed by atoms with Crippen LogP contribution in [0.1, 0.15) is 47.0 Å². The molecule has 86 valence electrons. The molecule has 0 aromatic carbocycles. The van der Waals surface area contributed by atoms with Crippen molar-refractivity contribution in [3.05, 3.63) is 11.6 Å². The van der Waals surface area contributed by atoms with E-state index in [2.05, 4.69) is 20.8 Å². The predicted molar refractivity (Wildman–Crippen MR) is 61.7 cm³/mol. The monoisotopic (exact) mass is 210 g/mol. The van der Waals surface area contributed by atoms with Crippen molar-refractivity contribution in [2.45, 2.75) is 47.0 Å². The molecule has 0 aliphatic heterocycles. The van der Waals surface area contributed by atoms with Crippen LogP contribution in [0.4, 0.5) is 0 Å². The molecule has 2 nitrogen and oxygen atoms in total. The first-order valence-electron chi connectivity index (χ1n) is 5.74. The molecule has 0 bridgehead atoms. The van der Waals surface area contributed by atoms with Crippen LogP contribution in [0.15, 0.2) is 11.6 Å². The molecule has 2 atom stereocenters. The Balaban J connectivity index is 2.81. The Bertz CT molecular complexity index is 276. The van der Waals surface area contributed by atoms with Gasteiger partial charge in [0.05, 0.1) is 0 Å². The molecule has 2 unspecified atom stereocenters. The summed E-state index contributed by atoms with van der Waals surface area (Å²) in [6.07, 6.45) is 5.54. The van der Waals surface area contributed by atoms with Gasteiger partial charge in [-0.2, -0.15) is 0 Å². The third-order valence-electron chi connectivity index (χ3n) is 3.73. The van der Waals surface area contributed by atoms with Crippen LogP contribution in [0.5, 0.6) is 0 Å². The second-order valence-corrected chi connectivity index (χ2v) is 5.63. The molecule has 1 aliphatic carbocycles. The number of aliphatic carboxylic acids is 1. The summed E-state index contributed by atoms with van der Waals surface area (Å²) in [6, 6.07) is 0. The maximum absolute atomic E-state index is 10.8. The molecule has 1 fully saturated rings. The van der Waals surface area contributed by atoms with Crippen molar-refractivity contribution in [2.75, 3.05) is 0 Å². The Morgan fingerprint density at radius 3 is 2.60 bits per heavy atom. The van der Waals surface area contributed by atoms with Gasteiger partial charge in [0, 0.05) is 5.57 Å². The SMILES string of the molecule is CC(=CC1CC(C)CCC1(C)C)C(=O)O. The molecule has 15 heavy (non-hydrogen) atoms. The minimum absolute atomic E-state index is 0.253. The standard InChI is InChI=1S/C13H22O2/c1-9-5-6-13(3,4)11(7-9)8-10(2)12(14)15/h8-9,11H,5-7H2,1-4H3,(H,14,15). The summed E-state index contributed by atoms with van der Waals surface area (Å²) in [7, 11) is 0. The lowest BCUT2D eigenvalue weighted by Gasteiger charge is -2.40. The van der Waals surface area contributed by atoms with E-state index in [1.807, 2.05) is 6.08 Å². The quantitative estimate of drug-likeness (QED) is 0.708. The molecule has 2 heteroatoms. The summed E-state index contributed by atoms with van der Waals surface area (Å²) in [5, 5.41) is 8.88. The highest BCUT2D eigenvalue weighted by Crippen LogP contribution is 2.43. The van der Waals surface area contributed by atoms with E-state index in [1.165, 1.54) is 12.8 Å². The average molecular weight is 210 g/mol. The number of carbonyl (C=O) groups is 1. The maximum Gasteiger partial charge on any atom is 0.330 e. The van der Waals surface area contributed by atoms with Crippen LogP contribution < -0.4 is 0 Å². The summed E-state index contributed by atoms with van der Waals surface area (Å²) >= 11 is 0. The molecule has 1 aliphatic rings. The topological polar surface area (TPSA) is 37.3 Å². The largest absolute Gasteiger partial charge is 0.478 e. The van der Waals surface area contributed by atoms with E-state index < -0.39 is 5.97 Å². The molecule has 0 aromatic rings. The highest BCUT2D eigenvalue weighted by Gasteiger charge is 2.33. The molecule has 0 aromatic heterocycles. The second-order valence-electron chi connectivity index (χ2n) is 5.63. The smallest absolute Gasteiger partial charge is 0.330 e. The van der Waals surface area contributed by atoms with Gasteiger partial charge < -0.3 is 5.11 Å². The first-order valence-corrected chi connectivity index (χ1v) is 5.74. The van der Waals surface area contributed by atoms with Gasteiger partial charge in [-0.15, -0.1) is 0 Å². The Hall–Kier alpha value is -0.790. The van der Waals surface area contributed by atoms with Gasteiger partial charge in [0.25, 0.3) is 0 Å². The van der Waals surface area contributed by atoms with Crippen LogP contribution >= 0.6 is 0 Å². The summed E-state index contributed by atoms with van der Waals surface area (Å²) in [4.78, 5) is 10.8. The summed E-state index contributed by atoms with van der Waals surface area (Å²) in [6.45, 7) is 8.44. The lowest BCUT2D eigenvalue weighted by Crippen LogP contribution is -2.30. The van der Waals surface area contributed by atoms with Crippen molar-refractivity contribution in [3.8, 4) is 0 Å². The molecule has 0 radical (unpaired) electrons. The van der Waals surface area contributed by atoms with Gasteiger partial charge in [0.2, 0.25) is 0 Å². The van der Waals surface area contributed by atoms with Crippen LogP contribution in [0.3, 0.4) is 0 Å². The zero-order valence-electron chi connectivity index (χ0n) is 10.2. The van der Waals surface area contributed by atoms with Crippen LogP contribution in [0.2, 0.25) is 0 Å². The average Bonchev–Trinajstić information content (AvgIpc) is 2.11. The number of rotatable bonds is 2. The van der Waals surface area contributed by atoms with Gasteiger partial charge in [-0.3, -0.25) is 0 Å². The Kier molecular flexibility index (Phi) is 3.58. The minimum Gasteiger partial charge on any atom is -0.478 e. The number of hydrogen-bond donors (Lipinski definition) is 1. The second kappa shape index (κ2) is 4.38. The summed E-state index contributed by atoms with van der Waals surface area (Å²) in [5.41, 5.74) is 0.741. The zero-order chi connectivity index (χ0) is 11.6. The normalized spacial score (nSPS) is 31.3. The van der Waals surface area contributed by atoms with Gasteiger partial charge in [0.1, 0.15) is 0 Å². The fraction of sp³-hybridized carbons (Fsp3) is 0.769. The Morgan fingerprint density at radius 1 is 1.47 bits per heavy atom. The predicted octanol–water partition coefficient (Wildman–Crippen LogP) is 3.48. The van der Waals surface area contributed by atoms with Crippen molar-refractivity contribution in [1.29, 1.82) is 0 Å². The zero-order valence-corrected chi connectivity index (χ0v) is 10.2. The van der Waals surface area contributed by atoms with E-state index in [1.54, 1.807) is 6.92 Å². The van der Waals surface area contributed by atoms with E-state index in [4.69, 9.17) is 5.11 Å². The van der Waals surface area contributed by atoms with Crippen LogP contribution in [-0.2, 0) is 4.79 Å². The molecule has 0 amide bonds. The van der Waals surface area contributed by atoms with Crippen LogP contribution in [0, 0.1) is 17.3 Å². The third kappa shape index (κ3) is 3.08. The minimum atomic E-state index is -0.788. The first kappa shape index (κ1) is 12.3. The van der Waals surface area contributed by atoms with Crippen molar-refractivity contribution >= 4 is 5.97 Å². The molecular formula is C13H22O2. The van der Waals surface area contributed by atoms with E-state index in [9.17, 15) is 4.79 Å². The van der Waals surface area contributed by atoms with Gasteiger partial charge >= 0.3 is 5.97 Å². The number of hydrogen-bond acceptors (Lipinski definition) is 1. The van der Waals surface area contributed by atoms with Crippen molar-refractivity contribution in [3.63, 3.8) is 0 Å². The van der Waals surface area contributed by atoms with E-state index >= 15 is 0 Å². The molecular weight excluding hydrogens is 188 g/mol. The van der Waals surface area contributed by atoms with E-state index in [-0.39, 0.29) is 5.41 Å². The number of carboxylic acids is 1. The number of allylic oxidation sites excluding steroid dienone is 1. The third-order valence-corrected chi connectivity index (χ3v) is 3.73. The van der Waals surface area contributed by atoms with E-state index in [0.29, 0.717) is 11.5 Å².